The first-order chi connectivity index (χ1) is 9.33. The van der Waals surface area contributed by atoms with E-state index in [0.29, 0.717) is 5.69 Å². The molecule has 0 bridgehead atoms. The van der Waals surface area contributed by atoms with Gasteiger partial charge in [0.05, 0.1) is 11.2 Å². The molecule has 0 aliphatic carbocycles. The number of aromatic nitrogens is 1. The van der Waals surface area contributed by atoms with Crippen LogP contribution in [-0.2, 0) is 4.74 Å². The quantitative estimate of drug-likeness (QED) is 0.592. The van der Waals surface area contributed by atoms with Crippen LogP contribution in [0.15, 0.2) is 30.5 Å². The van der Waals surface area contributed by atoms with E-state index in [1.54, 1.807) is 6.20 Å². The van der Waals surface area contributed by atoms with Gasteiger partial charge in [0.25, 0.3) is 0 Å². The Balaban J connectivity index is 1.95. The summed E-state index contributed by atoms with van der Waals surface area (Å²) >= 11 is 0. The molecule has 19 heavy (non-hydrogen) atoms. The molecule has 2 rings (SSSR count). The fourth-order valence-corrected chi connectivity index (χ4v) is 2.00. The summed E-state index contributed by atoms with van der Waals surface area (Å²) in [6.45, 7) is 4.64. The normalized spacial score (nSPS) is 10.8. The molecule has 2 aromatic rings. The SMILES string of the molecule is CCCOCCCNc1ccnc2c(N)cccc12. The molecule has 0 fully saturated rings. The average molecular weight is 259 g/mol. The molecule has 4 nitrogen and oxygen atoms in total. The van der Waals surface area contributed by atoms with Crippen LogP contribution in [0.25, 0.3) is 10.9 Å². The van der Waals surface area contributed by atoms with Crippen molar-refractivity contribution in [3.05, 3.63) is 30.5 Å². The molecule has 0 saturated carbocycles. The third kappa shape index (κ3) is 3.58. The van der Waals surface area contributed by atoms with Crippen LogP contribution in [0.4, 0.5) is 11.4 Å². The Morgan fingerprint density at radius 3 is 3.00 bits per heavy atom. The Morgan fingerprint density at radius 2 is 2.16 bits per heavy atom. The molecule has 0 aliphatic heterocycles. The summed E-state index contributed by atoms with van der Waals surface area (Å²) in [5.74, 6) is 0. The topological polar surface area (TPSA) is 60.2 Å². The second kappa shape index (κ2) is 6.95. The van der Waals surface area contributed by atoms with E-state index in [2.05, 4.69) is 17.2 Å². The maximum Gasteiger partial charge on any atom is 0.0951 e. The number of pyridine rings is 1. The number of nitrogen functional groups attached to an aromatic ring is 1. The van der Waals surface area contributed by atoms with Crippen LogP contribution in [0.1, 0.15) is 19.8 Å². The predicted molar refractivity (Wildman–Crippen MR) is 80.4 cm³/mol. The minimum atomic E-state index is 0.715. The Bertz CT molecular complexity index is 528. The van der Waals surface area contributed by atoms with Gasteiger partial charge in [-0.25, -0.2) is 0 Å². The number of nitrogens with one attached hydrogen (secondary N) is 1. The van der Waals surface area contributed by atoms with Gasteiger partial charge in [-0.2, -0.15) is 0 Å². The Morgan fingerprint density at radius 1 is 1.26 bits per heavy atom. The molecule has 102 valence electrons. The Kier molecular flexibility index (Phi) is 4.98. The molecule has 1 heterocycles. The highest BCUT2D eigenvalue weighted by molar-refractivity contribution is 5.97. The minimum Gasteiger partial charge on any atom is -0.397 e. The number of nitrogens with two attached hydrogens (primary N) is 1. The molecule has 3 N–H and O–H groups in total. The fourth-order valence-electron chi connectivity index (χ4n) is 2.00. The van der Waals surface area contributed by atoms with Gasteiger partial charge in [-0.1, -0.05) is 19.1 Å². The lowest BCUT2D eigenvalue weighted by molar-refractivity contribution is 0.134. The number of hydrogen-bond acceptors (Lipinski definition) is 4. The van der Waals surface area contributed by atoms with Gasteiger partial charge in [0.1, 0.15) is 0 Å². The van der Waals surface area contributed by atoms with E-state index < -0.39 is 0 Å². The van der Waals surface area contributed by atoms with Crippen LogP contribution in [0.2, 0.25) is 0 Å². The van der Waals surface area contributed by atoms with Crippen LogP contribution in [-0.4, -0.2) is 24.7 Å². The van der Waals surface area contributed by atoms with E-state index in [1.807, 2.05) is 24.3 Å². The molecule has 0 amide bonds. The maximum absolute atomic E-state index is 5.92. The number of fused-ring (bicyclic) bond motifs is 1. The molecule has 4 heteroatoms. The van der Waals surface area contributed by atoms with Crippen molar-refractivity contribution in [2.45, 2.75) is 19.8 Å². The Labute approximate surface area is 114 Å². The number of hydrogen-bond donors (Lipinski definition) is 2. The van der Waals surface area contributed by atoms with Gasteiger partial charge < -0.3 is 15.8 Å². The summed E-state index contributed by atoms with van der Waals surface area (Å²) < 4.78 is 5.45. The third-order valence-corrected chi connectivity index (χ3v) is 2.93. The molecule has 0 aliphatic rings. The highest BCUT2D eigenvalue weighted by Crippen LogP contribution is 2.25. The number of para-hydroxylation sites is 1. The molecule has 1 aromatic carbocycles. The first-order valence-corrected chi connectivity index (χ1v) is 6.77. The second-order valence-electron chi connectivity index (χ2n) is 4.49. The number of nitrogens with zero attached hydrogens (tertiary/aromatic N) is 1. The molecule has 0 unspecified atom stereocenters. The van der Waals surface area contributed by atoms with Crippen molar-refractivity contribution in [2.75, 3.05) is 30.8 Å². The zero-order chi connectivity index (χ0) is 13.5. The van der Waals surface area contributed by atoms with E-state index in [0.717, 1.165) is 49.2 Å². The summed E-state index contributed by atoms with van der Waals surface area (Å²) in [5, 5.41) is 4.48. The van der Waals surface area contributed by atoms with Crippen LogP contribution in [0, 0.1) is 0 Å². The zero-order valence-corrected chi connectivity index (χ0v) is 11.4. The molecule has 1 aromatic heterocycles. The maximum atomic E-state index is 5.92. The van der Waals surface area contributed by atoms with E-state index in [-0.39, 0.29) is 0 Å². The summed E-state index contributed by atoms with van der Waals surface area (Å²) in [7, 11) is 0. The monoisotopic (exact) mass is 259 g/mol. The number of benzene rings is 1. The smallest absolute Gasteiger partial charge is 0.0951 e. The first-order valence-electron chi connectivity index (χ1n) is 6.77. The molecule has 0 saturated heterocycles. The molecular weight excluding hydrogens is 238 g/mol. The van der Waals surface area contributed by atoms with Crippen LogP contribution in [0.5, 0.6) is 0 Å². The lowest BCUT2D eigenvalue weighted by Gasteiger charge is -2.10. The predicted octanol–water partition coefficient (Wildman–Crippen LogP) is 3.05. The van der Waals surface area contributed by atoms with Gasteiger partial charge in [-0.05, 0) is 25.0 Å². The van der Waals surface area contributed by atoms with Crippen molar-refractivity contribution >= 4 is 22.3 Å². The number of anilines is 2. The summed E-state index contributed by atoms with van der Waals surface area (Å²) in [4.78, 5) is 4.32. The highest BCUT2D eigenvalue weighted by atomic mass is 16.5. The van der Waals surface area contributed by atoms with Gasteiger partial charge in [-0.3, -0.25) is 4.98 Å². The van der Waals surface area contributed by atoms with Crippen molar-refractivity contribution in [1.82, 2.24) is 4.98 Å². The van der Waals surface area contributed by atoms with Crippen molar-refractivity contribution in [2.24, 2.45) is 0 Å². The number of rotatable bonds is 7. The van der Waals surface area contributed by atoms with Gasteiger partial charge in [0.2, 0.25) is 0 Å². The van der Waals surface area contributed by atoms with Crippen molar-refractivity contribution < 1.29 is 4.74 Å². The summed E-state index contributed by atoms with van der Waals surface area (Å²) in [6, 6.07) is 7.84. The van der Waals surface area contributed by atoms with Crippen molar-refractivity contribution in [1.29, 1.82) is 0 Å². The number of ether oxygens (including phenoxy) is 1. The van der Waals surface area contributed by atoms with Gasteiger partial charge in [-0.15, -0.1) is 0 Å². The third-order valence-electron chi connectivity index (χ3n) is 2.93. The van der Waals surface area contributed by atoms with Crippen LogP contribution >= 0.6 is 0 Å². The van der Waals surface area contributed by atoms with E-state index in [9.17, 15) is 0 Å². The summed E-state index contributed by atoms with van der Waals surface area (Å²) in [6.07, 6.45) is 3.85. The van der Waals surface area contributed by atoms with Crippen molar-refractivity contribution in [3.8, 4) is 0 Å². The molecular formula is C15H21N3O. The largest absolute Gasteiger partial charge is 0.397 e. The Hall–Kier alpha value is -1.81. The van der Waals surface area contributed by atoms with Crippen LogP contribution in [0.3, 0.4) is 0 Å². The molecule has 0 atom stereocenters. The average Bonchev–Trinajstić information content (AvgIpc) is 2.43. The molecule has 0 radical (unpaired) electrons. The standard InChI is InChI=1S/C15H21N3O/c1-2-10-19-11-4-8-17-14-7-9-18-15-12(14)5-3-6-13(15)16/h3,5-7,9H,2,4,8,10-11,16H2,1H3,(H,17,18). The summed E-state index contributed by atoms with van der Waals surface area (Å²) in [5.41, 5.74) is 8.57. The van der Waals surface area contributed by atoms with E-state index in [1.165, 1.54) is 0 Å². The second-order valence-corrected chi connectivity index (χ2v) is 4.49. The first kappa shape index (κ1) is 13.6. The lowest BCUT2D eigenvalue weighted by atomic mass is 10.1. The lowest BCUT2D eigenvalue weighted by Crippen LogP contribution is -2.06. The minimum absolute atomic E-state index is 0.715. The van der Waals surface area contributed by atoms with Gasteiger partial charge >= 0.3 is 0 Å². The molecule has 0 spiro atoms. The van der Waals surface area contributed by atoms with E-state index >= 15 is 0 Å². The van der Waals surface area contributed by atoms with Gasteiger partial charge in [0.15, 0.2) is 0 Å². The van der Waals surface area contributed by atoms with Crippen LogP contribution < -0.4 is 11.1 Å². The van der Waals surface area contributed by atoms with Crippen molar-refractivity contribution in [3.63, 3.8) is 0 Å². The fraction of sp³-hybridized carbons (Fsp3) is 0.400. The van der Waals surface area contributed by atoms with E-state index in [4.69, 9.17) is 10.5 Å². The van der Waals surface area contributed by atoms with Gasteiger partial charge in [0, 0.05) is 37.0 Å². The zero-order valence-electron chi connectivity index (χ0n) is 11.4. The highest BCUT2D eigenvalue weighted by Gasteiger charge is 2.03.